The van der Waals surface area contributed by atoms with Crippen molar-refractivity contribution in [2.24, 2.45) is 46.3 Å². The largest absolute Gasteiger partial charge is 0.394 e. The molecule has 0 unspecified atom stereocenters. The van der Waals surface area contributed by atoms with Crippen molar-refractivity contribution < 1.29 is 54.7 Å². The maximum Gasteiger partial charge on any atom is 0.187 e. The molecule has 2 heterocycles. The predicted octanol–water partition coefficient (Wildman–Crippen LogP) is 3.04. The van der Waals surface area contributed by atoms with Gasteiger partial charge in [-0.3, -0.25) is 0 Å². The van der Waals surface area contributed by atoms with E-state index in [4.69, 9.17) is 18.9 Å². The van der Waals surface area contributed by atoms with Crippen LogP contribution in [0, 0.1) is 46.3 Å². The molecule has 0 radical (unpaired) electrons. The Labute approximate surface area is 298 Å². The van der Waals surface area contributed by atoms with E-state index in [-0.39, 0.29) is 11.5 Å². The first-order valence-electron chi connectivity index (χ1n) is 19.7. The van der Waals surface area contributed by atoms with Crippen molar-refractivity contribution in [1.29, 1.82) is 0 Å². The van der Waals surface area contributed by atoms with E-state index < -0.39 is 74.6 Å². The van der Waals surface area contributed by atoms with Crippen molar-refractivity contribution >= 4 is 0 Å². The molecule has 11 heteroatoms. The highest BCUT2D eigenvalue weighted by Crippen LogP contribution is 2.67. The van der Waals surface area contributed by atoms with Crippen LogP contribution in [0.15, 0.2) is 11.6 Å². The molecule has 11 nitrogen and oxygen atoms in total. The van der Waals surface area contributed by atoms with Gasteiger partial charge in [0.15, 0.2) is 12.6 Å². The topological polar surface area (TPSA) is 179 Å². The number of aliphatic hydroxyl groups is 7. The highest BCUT2D eigenvalue weighted by Gasteiger charge is 2.59. The summed E-state index contributed by atoms with van der Waals surface area (Å²) >= 11 is 0. The van der Waals surface area contributed by atoms with Gasteiger partial charge < -0.3 is 54.7 Å². The zero-order chi connectivity index (χ0) is 36.1. The molecule has 0 bridgehead atoms. The Kier molecular flexibility index (Phi) is 12.1. The lowest BCUT2D eigenvalue weighted by molar-refractivity contribution is -0.363. The third-order valence-corrected chi connectivity index (χ3v) is 14.5. The quantitative estimate of drug-likeness (QED) is 0.157. The number of hydrogen-bond acceptors (Lipinski definition) is 11. The summed E-state index contributed by atoms with van der Waals surface area (Å²) in [4.78, 5) is 0. The average Bonchev–Trinajstić information content (AvgIpc) is 3.45. The Morgan fingerprint density at radius 3 is 2.14 bits per heavy atom. The second-order valence-electron chi connectivity index (χ2n) is 17.8. The molecule has 6 aliphatic rings. The number of aliphatic hydroxyl groups excluding tert-OH is 7. The minimum atomic E-state index is -1.71. The molecular weight excluding hydrogens is 644 g/mol. The number of ether oxygens (including phenoxy) is 4. The van der Waals surface area contributed by atoms with Gasteiger partial charge in [-0.15, -0.1) is 0 Å². The van der Waals surface area contributed by atoms with Gasteiger partial charge in [-0.25, -0.2) is 0 Å². The van der Waals surface area contributed by atoms with Crippen molar-refractivity contribution in [3.63, 3.8) is 0 Å². The van der Waals surface area contributed by atoms with E-state index in [2.05, 4.69) is 40.7 Å². The Bertz CT molecular complexity index is 1160. The van der Waals surface area contributed by atoms with Crippen LogP contribution < -0.4 is 0 Å². The fraction of sp³-hybridized carbons (Fsp3) is 0.949. The molecule has 5 fully saturated rings. The zero-order valence-corrected chi connectivity index (χ0v) is 30.8. The van der Waals surface area contributed by atoms with Gasteiger partial charge in [0.05, 0.1) is 19.3 Å². The standard InChI is InChI=1S/C39H66O11/c1-20(2)7-6-8-21(3)25-11-12-26-24-10-9-22-17-23(13-15-38(22,4)27(24)14-16-39(25,26)5)47-36-34(46)32(44)35(29(19-41)49-36)50-37-33(45)31(43)30(42)28(18-40)48-37/h9,20-21,23-37,40-46H,6-8,10-19H2,1-5H3/t21-,23+,24+,25-,26+,27+,28-,29-,30+,31+,32-,33-,34-,35-,36+,37+,38+,39-/m1/s1. The van der Waals surface area contributed by atoms with Crippen LogP contribution in [-0.2, 0) is 18.9 Å². The van der Waals surface area contributed by atoms with Crippen LogP contribution in [0.5, 0.6) is 0 Å². The minimum Gasteiger partial charge on any atom is -0.394 e. The van der Waals surface area contributed by atoms with Crippen LogP contribution >= 0.6 is 0 Å². The lowest BCUT2D eigenvalue weighted by Crippen LogP contribution is -2.65. The van der Waals surface area contributed by atoms with Crippen molar-refractivity contribution in [2.75, 3.05) is 13.2 Å². The number of hydrogen-bond donors (Lipinski definition) is 7. The zero-order valence-electron chi connectivity index (χ0n) is 30.8. The molecular formula is C39H66O11. The van der Waals surface area contributed by atoms with Crippen LogP contribution in [0.25, 0.3) is 0 Å². The number of fused-ring (bicyclic) bond motifs is 5. The lowest BCUT2D eigenvalue weighted by atomic mass is 9.47. The third-order valence-electron chi connectivity index (χ3n) is 14.5. The highest BCUT2D eigenvalue weighted by molar-refractivity contribution is 5.25. The van der Waals surface area contributed by atoms with E-state index in [1.54, 1.807) is 0 Å². The second-order valence-corrected chi connectivity index (χ2v) is 17.8. The van der Waals surface area contributed by atoms with Gasteiger partial charge in [0.2, 0.25) is 0 Å². The summed E-state index contributed by atoms with van der Waals surface area (Å²) in [6.07, 6.45) is 0.703. The van der Waals surface area contributed by atoms with Gasteiger partial charge in [-0.05, 0) is 97.7 Å². The van der Waals surface area contributed by atoms with Gasteiger partial charge in [0.25, 0.3) is 0 Å². The van der Waals surface area contributed by atoms with Gasteiger partial charge in [-0.1, -0.05) is 65.5 Å². The van der Waals surface area contributed by atoms with Gasteiger partial charge in [0.1, 0.15) is 48.8 Å². The molecule has 288 valence electrons. The smallest absolute Gasteiger partial charge is 0.187 e. The van der Waals surface area contributed by atoms with Crippen molar-refractivity contribution in [2.45, 2.75) is 173 Å². The molecule has 2 aliphatic heterocycles. The molecule has 6 rings (SSSR count). The summed E-state index contributed by atoms with van der Waals surface area (Å²) in [7, 11) is 0. The fourth-order valence-electron chi connectivity index (χ4n) is 11.6. The first-order valence-corrected chi connectivity index (χ1v) is 19.7. The summed E-state index contributed by atoms with van der Waals surface area (Å²) in [5, 5.41) is 72.6. The van der Waals surface area contributed by atoms with Crippen molar-refractivity contribution in [3.05, 3.63) is 11.6 Å². The summed E-state index contributed by atoms with van der Waals surface area (Å²) in [6, 6.07) is 0. The highest BCUT2D eigenvalue weighted by atomic mass is 16.7. The number of allylic oxidation sites excluding steroid dienone is 1. The van der Waals surface area contributed by atoms with E-state index in [0.717, 1.165) is 55.3 Å². The van der Waals surface area contributed by atoms with Gasteiger partial charge in [0, 0.05) is 0 Å². The van der Waals surface area contributed by atoms with Crippen LogP contribution in [-0.4, -0.2) is 116 Å². The Morgan fingerprint density at radius 1 is 0.760 bits per heavy atom. The molecule has 0 aromatic carbocycles. The Hall–Kier alpha value is -0.700. The van der Waals surface area contributed by atoms with Gasteiger partial charge in [-0.2, -0.15) is 0 Å². The molecule has 18 atom stereocenters. The van der Waals surface area contributed by atoms with E-state index in [9.17, 15) is 35.7 Å². The van der Waals surface area contributed by atoms with E-state index >= 15 is 0 Å². The first kappa shape index (κ1) is 39.0. The van der Waals surface area contributed by atoms with Crippen molar-refractivity contribution in [1.82, 2.24) is 0 Å². The first-order chi connectivity index (χ1) is 23.7. The second kappa shape index (κ2) is 15.6. The average molecular weight is 711 g/mol. The molecule has 0 spiro atoms. The predicted molar refractivity (Wildman–Crippen MR) is 184 cm³/mol. The van der Waals surface area contributed by atoms with Crippen LogP contribution in [0.4, 0.5) is 0 Å². The molecule has 2 saturated heterocycles. The summed E-state index contributed by atoms with van der Waals surface area (Å²) < 4.78 is 23.4. The summed E-state index contributed by atoms with van der Waals surface area (Å²) in [5.41, 5.74) is 1.99. The fourth-order valence-corrected chi connectivity index (χ4v) is 11.6. The molecule has 0 amide bonds. The SMILES string of the molecule is CC(C)CCC[C@@H](C)[C@H]1CC[C@H]2[C@@H]3CC=C4C[C@@H](O[C@H]5O[C@H](CO)[C@@H](O[C@@H]6O[C@H](CO)[C@H](O)[C@H](O)[C@H]6O)[C@H](O)[C@H]5O)CC[C@]4(C)[C@H]3CC[C@]12C. The van der Waals surface area contributed by atoms with E-state index in [0.29, 0.717) is 11.3 Å². The summed E-state index contributed by atoms with van der Waals surface area (Å²) in [5.74, 6) is 4.55. The molecule has 4 aliphatic carbocycles. The Balaban J connectivity index is 1.07. The minimum absolute atomic E-state index is 0.120. The molecule has 50 heavy (non-hydrogen) atoms. The third kappa shape index (κ3) is 7.12. The van der Waals surface area contributed by atoms with Crippen LogP contribution in [0.1, 0.15) is 105 Å². The van der Waals surface area contributed by atoms with Crippen LogP contribution in [0.2, 0.25) is 0 Å². The molecule has 3 saturated carbocycles. The monoisotopic (exact) mass is 710 g/mol. The van der Waals surface area contributed by atoms with Gasteiger partial charge >= 0.3 is 0 Å². The summed E-state index contributed by atoms with van der Waals surface area (Å²) in [6.45, 7) is 11.0. The van der Waals surface area contributed by atoms with E-state index in [1.807, 2.05) is 0 Å². The molecule has 7 N–H and O–H groups in total. The number of rotatable bonds is 11. The maximum atomic E-state index is 11.1. The normalized spacial score (nSPS) is 49.9. The maximum absolute atomic E-state index is 11.1. The molecule has 0 aromatic rings. The van der Waals surface area contributed by atoms with Crippen LogP contribution in [0.3, 0.4) is 0 Å². The van der Waals surface area contributed by atoms with E-state index in [1.165, 1.54) is 50.5 Å². The lowest BCUT2D eigenvalue weighted by Gasteiger charge is -2.58. The molecule has 0 aromatic heterocycles. The van der Waals surface area contributed by atoms with Crippen molar-refractivity contribution in [3.8, 4) is 0 Å². The Morgan fingerprint density at radius 2 is 1.44 bits per heavy atom.